The summed E-state index contributed by atoms with van der Waals surface area (Å²) in [4.78, 5) is 31.9. The molecule has 8 nitrogen and oxygen atoms in total. The number of rotatable bonds is 5. The molecular formula is C28H26N2O6S. The predicted octanol–water partition coefficient (Wildman–Crippen LogP) is 3.24. The number of hydrogen-bond acceptors (Lipinski definition) is 8. The number of carbonyl (C=O) groups is 1. The van der Waals surface area contributed by atoms with Gasteiger partial charge in [0.25, 0.3) is 5.56 Å². The van der Waals surface area contributed by atoms with Gasteiger partial charge >= 0.3 is 5.97 Å². The number of benzene rings is 2. The Morgan fingerprint density at radius 3 is 2.59 bits per heavy atom. The zero-order valence-electron chi connectivity index (χ0n) is 21.1. The van der Waals surface area contributed by atoms with Crippen LogP contribution in [0.15, 0.2) is 69.1 Å². The fourth-order valence-corrected chi connectivity index (χ4v) is 5.65. The molecule has 0 bridgehead atoms. The molecule has 2 aliphatic heterocycles. The number of hydrogen-bond donors (Lipinski definition) is 0. The Bertz CT molecular complexity index is 1650. The van der Waals surface area contributed by atoms with E-state index in [0.717, 1.165) is 16.9 Å². The Labute approximate surface area is 217 Å². The highest BCUT2D eigenvalue weighted by molar-refractivity contribution is 7.07. The number of esters is 1. The van der Waals surface area contributed by atoms with Crippen LogP contribution in [0.25, 0.3) is 12.2 Å². The number of methoxy groups -OCH3 is 3. The number of ether oxygens (including phenoxy) is 4. The summed E-state index contributed by atoms with van der Waals surface area (Å²) in [5, 5.41) is 0. The van der Waals surface area contributed by atoms with Crippen molar-refractivity contribution >= 4 is 29.5 Å². The van der Waals surface area contributed by atoms with E-state index >= 15 is 0 Å². The van der Waals surface area contributed by atoms with Gasteiger partial charge in [-0.2, -0.15) is 0 Å². The Hall–Kier alpha value is -4.11. The van der Waals surface area contributed by atoms with E-state index in [4.69, 9.17) is 18.9 Å². The maximum absolute atomic E-state index is 13.8. The second-order valence-corrected chi connectivity index (χ2v) is 9.64. The minimum absolute atomic E-state index is 0.234. The van der Waals surface area contributed by atoms with Crippen LogP contribution in [0.1, 0.15) is 31.0 Å². The molecule has 0 saturated carbocycles. The lowest BCUT2D eigenvalue weighted by Gasteiger charge is -2.25. The van der Waals surface area contributed by atoms with Gasteiger partial charge in [-0.15, -0.1) is 0 Å². The number of thiazole rings is 1. The van der Waals surface area contributed by atoms with E-state index in [0.29, 0.717) is 32.1 Å². The van der Waals surface area contributed by atoms with Crippen LogP contribution < -0.4 is 29.1 Å². The average molecular weight is 519 g/mol. The van der Waals surface area contributed by atoms with E-state index in [1.807, 2.05) is 43.3 Å². The summed E-state index contributed by atoms with van der Waals surface area (Å²) >= 11 is 1.27. The van der Waals surface area contributed by atoms with Crippen LogP contribution >= 0.6 is 11.3 Å². The minimum Gasteiger partial charge on any atom is -0.493 e. The molecule has 0 aliphatic carbocycles. The highest BCUT2D eigenvalue weighted by Crippen LogP contribution is 2.36. The Morgan fingerprint density at radius 2 is 1.86 bits per heavy atom. The molecule has 0 N–H and O–H groups in total. The molecule has 0 amide bonds. The normalized spacial score (nSPS) is 18.7. The third-order valence-electron chi connectivity index (χ3n) is 6.46. The first-order chi connectivity index (χ1) is 17.9. The SMILES string of the molecule is COC(=O)C1=C(C)N=c2s/c(=C\C3=Cc4ccccc4OC3C)c(=O)n2C1c1ccc(OC)c(OC)c1. The van der Waals surface area contributed by atoms with Crippen molar-refractivity contribution in [3.8, 4) is 17.2 Å². The summed E-state index contributed by atoms with van der Waals surface area (Å²) in [6.07, 6.45) is 3.63. The van der Waals surface area contributed by atoms with Gasteiger partial charge in [0.2, 0.25) is 0 Å². The summed E-state index contributed by atoms with van der Waals surface area (Å²) in [7, 11) is 4.40. The van der Waals surface area contributed by atoms with Crippen LogP contribution in [-0.2, 0) is 9.53 Å². The van der Waals surface area contributed by atoms with E-state index < -0.39 is 12.0 Å². The molecule has 1 aromatic heterocycles. The van der Waals surface area contributed by atoms with Crippen molar-refractivity contribution in [2.24, 2.45) is 4.99 Å². The molecule has 2 aromatic carbocycles. The third kappa shape index (κ3) is 4.25. The van der Waals surface area contributed by atoms with E-state index in [2.05, 4.69) is 4.99 Å². The summed E-state index contributed by atoms with van der Waals surface area (Å²) in [6, 6.07) is 12.3. The van der Waals surface area contributed by atoms with Crippen LogP contribution in [0, 0.1) is 0 Å². The van der Waals surface area contributed by atoms with Gasteiger partial charge in [0.05, 0.1) is 43.2 Å². The monoisotopic (exact) mass is 518 g/mol. The number of aromatic nitrogens is 1. The number of carbonyl (C=O) groups excluding carboxylic acids is 1. The van der Waals surface area contributed by atoms with Crippen molar-refractivity contribution in [1.29, 1.82) is 0 Å². The van der Waals surface area contributed by atoms with Crippen molar-refractivity contribution in [3.05, 3.63) is 90.1 Å². The Balaban J connectivity index is 1.71. The predicted molar refractivity (Wildman–Crippen MR) is 141 cm³/mol. The van der Waals surface area contributed by atoms with Gasteiger partial charge in [-0.05, 0) is 55.3 Å². The average Bonchev–Trinajstić information content (AvgIpc) is 3.21. The standard InChI is InChI=1S/C28H26N2O6S/c1-15-24(27(32)35-5)25(18-10-11-21(33-3)22(13-18)34-4)30-26(31)23(37-28(30)29-15)14-19-12-17-8-6-7-9-20(17)36-16(19)2/h6-14,16,25H,1-5H3/b23-14-. The van der Waals surface area contributed by atoms with Crippen LogP contribution in [0.3, 0.4) is 0 Å². The van der Waals surface area contributed by atoms with Gasteiger partial charge in [-0.1, -0.05) is 35.6 Å². The molecule has 5 rings (SSSR count). The summed E-state index contributed by atoms with van der Waals surface area (Å²) in [5.74, 6) is 1.28. The number of fused-ring (bicyclic) bond motifs is 2. The number of para-hydroxylation sites is 1. The van der Waals surface area contributed by atoms with Crippen molar-refractivity contribution in [2.45, 2.75) is 26.0 Å². The van der Waals surface area contributed by atoms with E-state index in [1.165, 1.54) is 25.6 Å². The van der Waals surface area contributed by atoms with Gasteiger partial charge in [0, 0.05) is 5.56 Å². The zero-order valence-corrected chi connectivity index (χ0v) is 21.9. The summed E-state index contributed by atoms with van der Waals surface area (Å²) < 4.78 is 24.0. The number of allylic oxidation sites excluding steroid dienone is 1. The first kappa shape index (κ1) is 24.6. The quantitative estimate of drug-likeness (QED) is 0.482. The highest BCUT2D eigenvalue weighted by atomic mass is 32.1. The molecule has 0 spiro atoms. The van der Waals surface area contributed by atoms with Gasteiger partial charge in [0.1, 0.15) is 11.9 Å². The summed E-state index contributed by atoms with van der Waals surface area (Å²) in [5.41, 5.74) is 3.01. The molecule has 2 atom stereocenters. The first-order valence-electron chi connectivity index (χ1n) is 11.7. The molecular weight excluding hydrogens is 492 g/mol. The lowest BCUT2D eigenvalue weighted by molar-refractivity contribution is -0.136. The van der Waals surface area contributed by atoms with E-state index in [1.54, 1.807) is 36.8 Å². The van der Waals surface area contributed by atoms with E-state index in [-0.39, 0.29) is 17.2 Å². The fourth-order valence-electron chi connectivity index (χ4n) is 4.60. The zero-order chi connectivity index (χ0) is 26.3. The topological polar surface area (TPSA) is 88.4 Å². The third-order valence-corrected chi connectivity index (χ3v) is 7.45. The molecule has 190 valence electrons. The largest absolute Gasteiger partial charge is 0.493 e. The van der Waals surface area contributed by atoms with Gasteiger partial charge in [-0.25, -0.2) is 9.79 Å². The smallest absolute Gasteiger partial charge is 0.338 e. The molecule has 37 heavy (non-hydrogen) atoms. The Morgan fingerprint density at radius 1 is 1.11 bits per heavy atom. The summed E-state index contributed by atoms with van der Waals surface area (Å²) in [6.45, 7) is 3.69. The van der Waals surface area contributed by atoms with Gasteiger partial charge < -0.3 is 18.9 Å². The lowest BCUT2D eigenvalue weighted by atomic mass is 9.95. The molecule has 3 aromatic rings. The van der Waals surface area contributed by atoms with Crippen LogP contribution in [0.4, 0.5) is 0 Å². The van der Waals surface area contributed by atoms with Crippen LogP contribution in [0.5, 0.6) is 17.2 Å². The van der Waals surface area contributed by atoms with Crippen molar-refractivity contribution in [3.63, 3.8) is 0 Å². The van der Waals surface area contributed by atoms with Gasteiger partial charge in [0.15, 0.2) is 16.3 Å². The van der Waals surface area contributed by atoms with E-state index in [9.17, 15) is 9.59 Å². The maximum atomic E-state index is 13.8. The van der Waals surface area contributed by atoms with Crippen molar-refractivity contribution in [2.75, 3.05) is 21.3 Å². The van der Waals surface area contributed by atoms with Crippen LogP contribution in [-0.4, -0.2) is 38.0 Å². The minimum atomic E-state index is -0.750. The van der Waals surface area contributed by atoms with Gasteiger partial charge in [-0.3, -0.25) is 9.36 Å². The molecule has 9 heteroatoms. The fraction of sp³-hybridized carbons (Fsp3) is 0.250. The lowest BCUT2D eigenvalue weighted by Crippen LogP contribution is -2.40. The second kappa shape index (κ2) is 9.74. The molecule has 2 aliphatic rings. The molecule has 0 saturated heterocycles. The molecule has 2 unspecified atom stereocenters. The van der Waals surface area contributed by atoms with Crippen LogP contribution in [0.2, 0.25) is 0 Å². The molecule has 0 radical (unpaired) electrons. The van der Waals surface area contributed by atoms with Crippen molar-refractivity contribution < 1.29 is 23.7 Å². The first-order valence-corrected chi connectivity index (χ1v) is 12.5. The Kier molecular flexibility index (Phi) is 6.47. The number of nitrogens with zero attached hydrogens (tertiary/aromatic N) is 2. The second-order valence-electron chi connectivity index (χ2n) is 8.63. The van der Waals surface area contributed by atoms with Crippen molar-refractivity contribution in [1.82, 2.24) is 4.57 Å². The molecule has 0 fully saturated rings. The molecule has 3 heterocycles. The highest BCUT2D eigenvalue weighted by Gasteiger charge is 2.33. The maximum Gasteiger partial charge on any atom is 0.338 e.